The molecule has 5 rings (SSSR count). The van der Waals surface area contributed by atoms with Gasteiger partial charge < -0.3 is 20.1 Å². The molecule has 3 heterocycles. The SMILES string of the molecule is CC1OC(=C2C(=O)Nc3ccc(F)cc32)c2ccc(CCN3CCC(O)CC3)cc21. The zero-order valence-corrected chi connectivity index (χ0v) is 17.0. The highest BCUT2D eigenvalue weighted by atomic mass is 19.1. The molecule has 156 valence electrons. The first-order chi connectivity index (χ1) is 14.5. The van der Waals surface area contributed by atoms with Crippen LogP contribution in [0.4, 0.5) is 10.1 Å². The Kier molecular flexibility index (Phi) is 4.83. The van der Waals surface area contributed by atoms with Crippen molar-refractivity contribution in [2.45, 2.75) is 38.4 Å². The first-order valence-electron chi connectivity index (χ1n) is 10.6. The van der Waals surface area contributed by atoms with Crippen LogP contribution in [0, 0.1) is 5.82 Å². The second-order valence-electron chi connectivity index (χ2n) is 8.35. The summed E-state index contributed by atoms with van der Waals surface area (Å²) in [5.74, 6) is -0.117. The van der Waals surface area contributed by atoms with Crippen molar-refractivity contribution in [3.8, 4) is 0 Å². The summed E-state index contributed by atoms with van der Waals surface area (Å²) in [5.41, 5.74) is 4.73. The number of fused-ring (bicyclic) bond motifs is 2. The Morgan fingerprint density at radius 2 is 1.97 bits per heavy atom. The zero-order chi connectivity index (χ0) is 20.8. The van der Waals surface area contributed by atoms with Gasteiger partial charge in [0.05, 0.1) is 11.7 Å². The molecule has 1 saturated heterocycles. The number of hydrogen-bond donors (Lipinski definition) is 2. The number of carbonyl (C=O) groups is 1. The van der Waals surface area contributed by atoms with Gasteiger partial charge in [-0.3, -0.25) is 4.79 Å². The van der Waals surface area contributed by atoms with E-state index in [0.29, 0.717) is 22.6 Å². The summed E-state index contributed by atoms with van der Waals surface area (Å²) in [6, 6.07) is 10.6. The van der Waals surface area contributed by atoms with Crippen LogP contribution < -0.4 is 5.32 Å². The summed E-state index contributed by atoms with van der Waals surface area (Å²) in [6.07, 6.45) is 2.29. The Hall–Kier alpha value is -2.70. The highest BCUT2D eigenvalue weighted by Gasteiger charge is 2.35. The molecular weight excluding hydrogens is 383 g/mol. The van der Waals surface area contributed by atoms with E-state index < -0.39 is 0 Å². The number of benzene rings is 2. The van der Waals surface area contributed by atoms with Gasteiger partial charge in [-0.15, -0.1) is 0 Å². The lowest BCUT2D eigenvalue weighted by Crippen LogP contribution is -2.37. The summed E-state index contributed by atoms with van der Waals surface area (Å²) in [4.78, 5) is 15.0. The van der Waals surface area contributed by atoms with E-state index in [2.05, 4.69) is 22.3 Å². The Labute approximate surface area is 175 Å². The predicted octanol–water partition coefficient (Wildman–Crippen LogP) is 3.74. The van der Waals surface area contributed by atoms with Crippen molar-refractivity contribution < 1.29 is 19.0 Å². The maximum absolute atomic E-state index is 13.8. The number of halogens is 1. The highest BCUT2D eigenvalue weighted by molar-refractivity contribution is 6.36. The number of piperidine rings is 1. The van der Waals surface area contributed by atoms with E-state index in [1.54, 1.807) is 6.07 Å². The van der Waals surface area contributed by atoms with Crippen LogP contribution in [0.1, 0.15) is 48.1 Å². The molecular formula is C24H25FN2O3. The average molecular weight is 408 g/mol. The van der Waals surface area contributed by atoms with Crippen molar-refractivity contribution in [2.75, 3.05) is 25.0 Å². The van der Waals surface area contributed by atoms with Gasteiger partial charge in [-0.1, -0.05) is 18.2 Å². The fourth-order valence-corrected chi connectivity index (χ4v) is 4.60. The standard InChI is InChI=1S/C24H25FN2O3/c1-14-19-12-15(6-9-27-10-7-17(28)8-11-27)2-4-18(19)23(30-14)22-20-13-16(25)3-5-21(20)26-24(22)29/h2-5,12-14,17,28H,6-11H2,1H3,(H,26,29). The van der Waals surface area contributed by atoms with Gasteiger partial charge in [-0.05, 0) is 49.9 Å². The minimum Gasteiger partial charge on any atom is -0.484 e. The van der Waals surface area contributed by atoms with Crippen LogP contribution >= 0.6 is 0 Å². The molecule has 1 atom stereocenters. The lowest BCUT2D eigenvalue weighted by atomic mass is 9.96. The third-order valence-electron chi connectivity index (χ3n) is 6.32. The van der Waals surface area contributed by atoms with Crippen LogP contribution in [0.25, 0.3) is 11.3 Å². The van der Waals surface area contributed by atoms with Gasteiger partial charge in [0.2, 0.25) is 0 Å². The summed E-state index contributed by atoms with van der Waals surface area (Å²) in [7, 11) is 0. The molecule has 2 aromatic carbocycles. The number of nitrogens with one attached hydrogen (secondary N) is 1. The van der Waals surface area contributed by atoms with Gasteiger partial charge in [0.1, 0.15) is 17.7 Å². The van der Waals surface area contributed by atoms with Crippen molar-refractivity contribution in [1.29, 1.82) is 0 Å². The second-order valence-corrected chi connectivity index (χ2v) is 8.35. The number of aliphatic hydroxyl groups excluding tert-OH is 1. The van der Waals surface area contributed by atoms with E-state index in [-0.39, 0.29) is 23.9 Å². The summed E-state index contributed by atoms with van der Waals surface area (Å²) in [5, 5.41) is 12.5. The zero-order valence-electron chi connectivity index (χ0n) is 17.0. The van der Waals surface area contributed by atoms with Crippen LogP contribution in [0.5, 0.6) is 0 Å². The topological polar surface area (TPSA) is 61.8 Å². The number of carbonyl (C=O) groups excluding carboxylic acids is 1. The predicted molar refractivity (Wildman–Crippen MR) is 113 cm³/mol. The van der Waals surface area contributed by atoms with Gasteiger partial charge in [0.15, 0.2) is 0 Å². The molecule has 2 aromatic rings. The number of aliphatic hydroxyl groups is 1. The van der Waals surface area contributed by atoms with Gasteiger partial charge in [0.25, 0.3) is 5.91 Å². The van der Waals surface area contributed by atoms with Crippen LogP contribution in [-0.4, -0.2) is 41.7 Å². The molecule has 6 heteroatoms. The molecule has 30 heavy (non-hydrogen) atoms. The molecule has 0 radical (unpaired) electrons. The number of amides is 1. The third-order valence-corrected chi connectivity index (χ3v) is 6.32. The fourth-order valence-electron chi connectivity index (χ4n) is 4.60. The summed E-state index contributed by atoms with van der Waals surface area (Å²) < 4.78 is 19.9. The van der Waals surface area contributed by atoms with Crippen LogP contribution in [0.3, 0.4) is 0 Å². The van der Waals surface area contributed by atoms with Crippen LogP contribution in [-0.2, 0) is 16.0 Å². The molecule has 0 spiro atoms. The smallest absolute Gasteiger partial charge is 0.260 e. The summed E-state index contributed by atoms with van der Waals surface area (Å²) >= 11 is 0. The third kappa shape index (κ3) is 3.40. The molecule has 1 unspecified atom stereocenters. The van der Waals surface area contributed by atoms with Crippen molar-refractivity contribution >= 4 is 22.9 Å². The van der Waals surface area contributed by atoms with E-state index in [1.165, 1.54) is 17.7 Å². The molecule has 3 aliphatic heterocycles. The van der Waals surface area contributed by atoms with Crippen LogP contribution in [0.15, 0.2) is 36.4 Å². The van der Waals surface area contributed by atoms with Crippen molar-refractivity contribution in [3.05, 3.63) is 64.5 Å². The Morgan fingerprint density at radius 1 is 1.17 bits per heavy atom. The number of ether oxygens (including phenoxy) is 1. The number of anilines is 1. The Balaban J connectivity index is 1.42. The number of nitrogens with zero attached hydrogens (tertiary/aromatic N) is 1. The van der Waals surface area contributed by atoms with Crippen molar-refractivity contribution in [3.63, 3.8) is 0 Å². The van der Waals surface area contributed by atoms with Gasteiger partial charge in [-0.2, -0.15) is 0 Å². The average Bonchev–Trinajstić information content (AvgIpc) is 3.22. The van der Waals surface area contributed by atoms with E-state index in [0.717, 1.165) is 50.0 Å². The van der Waals surface area contributed by atoms with E-state index >= 15 is 0 Å². The van der Waals surface area contributed by atoms with Crippen LogP contribution in [0.2, 0.25) is 0 Å². The minimum atomic E-state index is -0.379. The molecule has 5 nitrogen and oxygen atoms in total. The van der Waals surface area contributed by atoms with Gasteiger partial charge in [-0.25, -0.2) is 4.39 Å². The monoisotopic (exact) mass is 408 g/mol. The fraction of sp³-hybridized carbons (Fsp3) is 0.375. The molecule has 0 aromatic heterocycles. The van der Waals surface area contributed by atoms with E-state index in [9.17, 15) is 14.3 Å². The van der Waals surface area contributed by atoms with Crippen molar-refractivity contribution in [2.24, 2.45) is 0 Å². The van der Waals surface area contributed by atoms with Gasteiger partial charge in [0, 0.05) is 42.0 Å². The largest absolute Gasteiger partial charge is 0.484 e. The lowest BCUT2D eigenvalue weighted by Gasteiger charge is -2.29. The molecule has 1 fully saturated rings. The maximum Gasteiger partial charge on any atom is 0.260 e. The number of likely N-dealkylation sites (tertiary alicyclic amines) is 1. The first kappa shape index (κ1) is 19.3. The maximum atomic E-state index is 13.8. The van der Waals surface area contributed by atoms with Gasteiger partial charge >= 0.3 is 0 Å². The molecule has 0 saturated carbocycles. The molecule has 2 N–H and O–H groups in total. The first-order valence-corrected chi connectivity index (χ1v) is 10.6. The lowest BCUT2D eigenvalue weighted by molar-refractivity contribution is -0.110. The molecule has 1 amide bonds. The number of rotatable bonds is 3. The Bertz CT molecular complexity index is 1040. The molecule has 3 aliphatic rings. The van der Waals surface area contributed by atoms with E-state index in [1.807, 2.05) is 13.0 Å². The minimum absolute atomic E-state index is 0.155. The normalized spacial score (nSPS) is 23.8. The number of hydrogen-bond acceptors (Lipinski definition) is 4. The second kappa shape index (κ2) is 7.52. The highest BCUT2D eigenvalue weighted by Crippen LogP contribution is 2.45. The summed E-state index contributed by atoms with van der Waals surface area (Å²) in [6.45, 7) is 4.81. The quantitative estimate of drug-likeness (QED) is 0.760. The van der Waals surface area contributed by atoms with E-state index in [4.69, 9.17) is 4.74 Å². The Morgan fingerprint density at radius 3 is 2.77 bits per heavy atom. The molecule has 0 bridgehead atoms. The molecule has 0 aliphatic carbocycles. The van der Waals surface area contributed by atoms with Crippen molar-refractivity contribution in [1.82, 2.24) is 4.90 Å².